The van der Waals surface area contributed by atoms with Crippen LogP contribution in [0.25, 0.3) is 0 Å². The van der Waals surface area contributed by atoms with Crippen molar-refractivity contribution in [3.8, 4) is 0 Å². The molecule has 0 spiro atoms. The predicted molar refractivity (Wildman–Crippen MR) is 82.5 cm³/mol. The quantitative estimate of drug-likeness (QED) is 0.899. The summed E-state index contributed by atoms with van der Waals surface area (Å²) >= 11 is 3.64. The van der Waals surface area contributed by atoms with E-state index in [9.17, 15) is 0 Å². The van der Waals surface area contributed by atoms with E-state index in [1.54, 1.807) is 0 Å². The number of piperazine rings is 1. The first-order valence-corrected chi connectivity index (χ1v) is 7.53. The van der Waals surface area contributed by atoms with Gasteiger partial charge in [0.15, 0.2) is 0 Å². The van der Waals surface area contributed by atoms with E-state index in [0.717, 1.165) is 19.6 Å². The number of benzene rings is 1. The number of hydrogen-bond donors (Lipinski definition) is 1. The molecule has 18 heavy (non-hydrogen) atoms. The average molecular weight is 311 g/mol. The van der Waals surface area contributed by atoms with Crippen molar-refractivity contribution in [2.45, 2.75) is 33.7 Å². The van der Waals surface area contributed by atoms with Gasteiger partial charge in [-0.2, -0.15) is 0 Å². The van der Waals surface area contributed by atoms with Crippen LogP contribution in [0.4, 0.5) is 5.69 Å². The van der Waals surface area contributed by atoms with E-state index < -0.39 is 0 Å². The third-order valence-corrected chi connectivity index (χ3v) is 5.05. The fourth-order valence-corrected chi connectivity index (χ4v) is 2.79. The number of nitrogens with zero attached hydrogens (tertiary/aromatic N) is 1. The maximum Gasteiger partial charge on any atom is 0.0373 e. The Morgan fingerprint density at radius 3 is 2.44 bits per heavy atom. The van der Waals surface area contributed by atoms with Gasteiger partial charge in [-0.3, -0.25) is 0 Å². The second kappa shape index (κ2) is 5.62. The van der Waals surface area contributed by atoms with Crippen molar-refractivity contribution in [2.75, 3.05) is 24.5 Å². The Bertz CT molecular complexity index is 405. The van der Waals surface area contributed by atoms with E-state index in [1.807, 2.05) is 0 Å². The molecule has 1 atom stereocenters. The summed E-state index contributed by atoms with van der Waals surface area (Å²) in [6, 6.07) is 5.18. The largest absolute Gasteiger partial charge is 0.369 e. The minimum absolute atomic E-state index is 0.600. The fraction of sp³-hybridized carbons (Fsp3) is 0.600. The Hall–Kier alpha value is -0.540. The molecule has 3 heteroatoms. The highest BCUT2D eigenvalue weighted by atomic mass is 79.9. The van der Waals surface area contributed by atoms with Crippen LogP contribution in [0.5, 0.6) is 0 Å². The molecule has 0 aliphatic carbocycles. The average Bonchev–Trinajstić information content (AvgIpc) is 2.35. The maximum atomic E-state index is 3.64. The molecular weight excluding hydrogens is 288 g/mol. The van der Waals surface area contributed by atoms with Crippen molar-refractivity contribution < 1.29 is 0 Å². The molecule has 1 N–H and O–H groups in total. The summed E-state index contributed by atoms with van der Waals surface area (Å²) in [4.78, 5) is 2.51. The topological polar surface area (TPSA) is 15.3 Å². The zero-order valence-electron chi connectivity index (χ0n) is 11.8. The summed E-state index contributed by atoms with van der Waals surface area (Å²) in [7, 11) is 0. The van der Waals surface area contributed by atoms with E-state index in [-0.39, 0.29) is 0 Å². The second-order valence-corrected chi connectivity index (χ2v) is 6.44. The zero-order valence-corrected chi connectivity index (χ0v) is 13.3. The van der Waals surface area contributed by atoms with Gasteiger partial charge in [0.25, 0.3) is 0 Å². The molecule has 0 radical (unpaired) electrons. The maximum absolute atomic E-state index is 3.64. The monoisotopic (exact) mass is 310 g/mol. The normalized spacial score (nSPS) is 20.6. The SMILES string of the molecule is Cc1cc(N2CCNC(C(C)C)C2)cc(C)c1Br. The van der Waals surface area contributed by atoms with Gasteiger partial charge in [0.1, 0.15) is 0 Å². The highest BCUT2D eigenvalue weighted by Gasteiger charge is 2.22. The molecule has 0 bridgehead atoms. The highest BCUT2D eigenvalue weighted by Crippen LogP contribution is 2.28. The van der Waals surface area contributed by atoms with Gasteiger partial charge in [0, 0.05) is 35.8 Å². The minimum atomic E-state index is 0.600. The van der Waals surface area contributed by atoms with Gasteiger partial charge in [0.05, 0.1) is 0 Å². The molecule has 0 aromatic heterocycles. The summed E-state index contributed by atoms with van der Waals surface area (Å²) in [5, 5.41) is 3.61. The number of hydrogen-bond acceptors (Lipinski definition) is 2. The lowest BCUT2D eigenvalue weighted by atomic mass is 10.0. The van der Waals surface area contributed by atoms with Crippen molar-refractivity contribution in [3.63, 3.8) is 0 Å². The Kier molecular flexibility index (Phi) is 4.33. The van der Waals surface area contributed by atoms with E-state index in [2.05, 4.69) is 66.0 Å². The van der Waals surface area contributed by atoms with Crippen LogP contribution in [-0.4, -0.2) is 25.7 Å². The number of halogens is 1. The molecular formula is C15H23BrN2. The van der Waals surface area contributed by atoms with Crippen LogP contribution < -0.4 is 10.2 Å². The van der Waals surface area contributed by atoms with Crippen molar-refractivity contribution in [1.29, 1.82) is 0 Å². The van der Waals surface area contributed by atoms with E-state index in [1.165, 1.54) is 21.3 Å². The first-order valence-electron chi connectivity index (χ1n) is 6.74. The number of aryl methyl sites for hydroxylation is 2. The molecule has 1 unspecified atom stereocenters. The predicted octanol–water partition coefficient (Wildman–Crippen LogP) is 3.50. The first kappa shape index (κ1) is 13.9. The second-order valence-electron chi connectivity index (χ2n) is 5.64. The van der Waals surface area contributed by atoms with Crippen LogP contribution in [0.2, 0.25) is 0 Å². The van der Waals surface area contributed by atoms with Crippen LogP contribution in [-0.2, 0) is 0 Å². The van der Waals surface area contributed by atoms with Crippen LogP contribution in [0, 0.1) is 19.8 Å². The highest BCUT2D eigenvalue weighted by molar-refractivity contribution is 9.10. The Labute approximate surface area is 119 Å². The van der Waals surface area contributed by atoms with Crippen LogP contribution >= 0.6 is 15.9 Å². The summed E-state index contributed by atoms with van der Waals surface area (Å²) < 4.78 is 1.24. The van der Waals surface area contributed by atoms with E-state index in [4.69, 9.17) is 0 Å². The van der Waals surface area contributed by atoms with E-state index >= 15 is 0 Å². The first-order chi connectivity index (χ1) is 8.49. The van der Waals surface area contributed by atoms with Crippen LogP contribution in [0.15, 0.2) is 16.6 Å². The Morgan fingerprint density at radius 2 is 1.89 bits per heavy atom. The van der Waals surface area contributed by atoms with Gasteiger partial charge in [-0.25, -0.2) is 0 Å². The third-order valence-electron chi connectivity index (χ3n) is 3.80. The van der Waals surface area contributed by atoms with Crippen LogP contribution in [0.1, 0.15) is 25.0 Å². The van der Waals surface area contributed by atoms with Gasteiger partial charge in [-0.1, -0.05) is 29.8 Å². The molecule has 0 saturated carbocycles. The number of nitrogens with one attached hydrogen (secondary N) is 1. The lowest BCUT2D eigenvalue weighted by Gasteiger charge is -2.37. The molecule has 0 amide bonds. The molecule has 100 valence electrons. The molecule has 1 aromatic carbocycles. The summed E-state index contributed by atoms with van der Waals surface area (Å²) in [5.41, 5.74) is 4.01. The lowest BCUT2D eigenvalue weighted by Crippen LogP contribution is -2.53. The molecule has 1 saturated heterocycles. The van der Waals surface area contributed by atoms with Gasteiger partial charge in [-0.05, 0) is 43.0 Å². The summed E-state index contributed by atoms with van der Waals surface area (Å²) in [5.74, 6) is 0.686. The minimum Gasteiger partial charge on any atom is -0.369 e. The smallest absolute Gasteiger partial charge is 0.0373 e. The molecule has 1 fully saturated rings. The van der Waals surface area contributed by atoms with Crippen molar-refractivity contribution in [3.05, 3.63) is 27.7 Å². The molecule has 2 nitrogen and oxygen atoms in total. The lowest BCUT2D eigenvalue weighted by molar-refractivity contribution is 0.368. The van der Waals surface area contributed by atoms with Crippen molar-refractivity contribution in [2.24, 2.45) is 5.92 Å². The standard InChI is InChI=1S/C15H23BrN2/c1-10(2)14-9-18(6-5-17-14)13-7-11(3)15(16)12(4)8-13/h7-8,10,14,17H,5-6,9H2,1-4H3. The molecule has 1 aliphatic heterocycles. The third kappa shape index (κ3) is 2.89. The van der Waals surface area contributed by atoms with Crippen molar-refractivity contribution in [1.82, 2.24) is 5.32 Å². The van der Waals surface area contributed by atoms with E-state index in [0.29, 0.717) is 12.0 Å². The van der Waals surface area contributed by atoms with Gasteiger partial charge < -0.3 is 10.2 Å². The number of anilines is 1. The van der Waals surface area contributed by atoms with Crippen LogP contribution in [0.3, 0.4) is 0 Å². The van der Waals surface area contributed by atoms with Crippen molar-refractivity contribution >= 4 is 21.6 Å². The Morgan fingerprint density at radius 1 is 1.28 bits per heavy atom. The summed E-state index contributed by atoms with van der Waals surface area (Å²) in [6.45, 7) is 12.2. The zero-order chi connectivity index (χ0) is 13.3. The van der Waals surface area contributed by atoms with Gasteiger partial charge in [0.2, 0.25) is 0 Å². The molecule has 1 heterocycles. The Balaban J connectivity index is 2.21. The van der Waals surface area contributed by atoms with Gasteiger partial charge >= 0.3 is 0 Å². The summed E-state index contributed by atoms with van der Waals surface area (Å²) in [6.07, 6.45) is 0. The molecule has 1 aliphatic rings. The number of rotatable bonds is 2. The van der Waals surface area contributed by atoms with Gasteiger partial charge in [-0.15, -0.1) is 0 Å². The molecule has 1 aromatic rings. The fourth-order valence-electron chi connectivity index (χ4n) is 2.56. The molecule has 2 rings (SSSR count).